The molecule has 0 unspecified atom stereocenters. The molecule has 2 aromatic carbocycles. The lowest BCUT2D eigenvalue weighted by Crippen LogP contribution is -2.30. The van der Waals surface area contributed by atoms with Crippen molar-refractivity contribution in [1.82, 2.24) is 0 Å². The fraction of sp³-hybridized carbons (Fsp3) is 0.320. The first-order valence-electron chi connectivity index (χ1n) is 10.2. The van der Waals surface area contributed by atoms with Gasteiger partial charge in [0.15, 0.2) is 17.3 Å². The zero-order valence-electron chi connectivity index (χ0n) is 18.0. The van der Waals surface area contributed by atoms with Gasteiger partial charge in [-0.3, -0.25) is 4.79 Å². The summed E-state index contributed by atoms with van der Waals surface area (Å²) in [5, 5.41) is 30.5. The quantitative estimate of drug-likeness (QED) is 0.465. The number of aromatic hydroxyl groups is 3. The van der Waals surface area contributed by atoms with E-state index in [4.69, 9.17) is 9.47 Å². The number of carbonyl (C=O) groups excluding carboxylic acids is 1. The van der Waals surface area contributed by atoms with E-state index in [-0.39, 0.29) is 40.8 Å². The van der Waals surface area contributed by atoms with E-state index in [1.165, 1.54) is 12.1 Å². The predicted molar refractivity (Wildman–Crippen MR) is 117 cm³/mol. The highest BCUT2D eigenvalue weighted by Gasteiger charge is 2.38. The van der Waals surface area contributed by atoms with Gasteiger partial charge in [-0.1, -0.05) is 17.7 Å². The molecule has 0 bridgehead atoms. The molecule has 1 atom stereocenters. The highest BCUT2D eigenvalue weighted by molar-refractivity contribution is 6.05. The van der Waals surface area contributed by atoms with Crippen LogP contribution in [0.2, 0.25) is 0 Å². The van der Waals surface area contributed by atoms with Crippen LogP contribution in [0.15, 0.2) is 35.9 Å². The molecule has 6 nitrogen and oxygen atoms in total. The minimum absolute atomic E-state index is 0.00170. The summed E-state index contributed by atoms with van der Waals surface area (Å²) in [6.45, 7) is 7.78. The molecule has 0 saturated heterocycles. The van der Waals surface area contributed by atoms with Gasteiger partial charge in [0.05, 0.1) is 12.0 Å². The van der Waals surface area contributed by atoms with Crippen LogP contribution in [0, 0.1) is 0 Å². The lowest BCUT2D eigenvalue weighted by atomic mass is 9.88. The Hall–Kier alpha value is -3.41. The summed E-state index contributed by atoms with van der Waals surface area (Å²) in [5.41, 5.74) is 2.40. The molecular formula is C25H26O6. The number of rotatable bonds is 3. The van der Waals surface area contributed by atoms with Crippen molar-refractivity contribution >= 4 is 11.9 Å². The van der Waals surface area contributed by atoms with Crippen molar-refractivity contribution in [3.63, 3.8) is 0 Å². The molecule has 3 N–H and O–H groups in total. The van der Waals surface area contributed by atoms with Crippen LogP contribution in [-0.2, 0) is 6.42 Å². The second kappa shape index (κ2) is 7.38. The van der Waals surface area contributed by atoms with Gasteiger partial charge >= 0.3 is 0 Å². The van der Waals surface area contributed by atoms with E-state index in [0.717, 1.165) is 5.57 Å². The van der Waals surface area contributed by atoms with Gasteiger partial charge in [-0.05, 0) is 64.0 Å². The first kappa shape index (κ1) is 20.8. The van der Waals surface area contributed by atoms with Crippen LogP contribution in [0.4, 0.5) is 0 Å². The smallest absolute Gasteiger partial charge is 0.174 e. The van der Waals surface area contributed by atoms with E-state index in [1.54, 1.807) is 6.07 Å². The van der Waals surface area contributed by atoms with Crippen molar-refractivity contribution in [2.75, 3.05) is 0 Å². The van der Waals surface area contributed by atoms with E-state index in [0.29, 0.717) is 28.9 Å². The van der Waals surface area contributed by atoms with E-state index < -0.39 is 11.7 Å². The molecule has 2 aliphatic heterocycles. The number of carbonyl (C=O) groups is 1. The van der Waals surface area contributed by atoms with Crippen molar-refractivity contribution in [3.05, 3.63) is 58.2 Å². The van der Waals surface area contributed by atoms with Crippen LogP contribution in [0.3, 0.4) is 0 Å². The first-order chi connectivity index (χ1) is 14.6. The normalized spacial score (nSPS) is 18.5. The van der Waals surface area contributed by atoms with Crippen LogP contribution in [0.25, 0.3) is 6.08 Å². The van der Waals surface area contributed by atoms with Crippen LogP contribution >= 0.6 is 0 Å². The van der Waals surface area contributed by atoms with Gasteiger partial charge in [-0.2, -0.15) is 0 Å². The molecule has 162 valence electrons. The molecule has 0 spiro atoms. The maximum atomic E-state index is 13.1. The Morgan fingerprint density at radius 1 is 1.16 bits per heavy atom. The minimum Gasteiger partial charge on any atom is -0.507 e. The van der Waals surface area contributed by atoms with E-state index in [9.17, 15) is 20.1 Å². The van der Waals surface area contributed by atoms with Gasteiger partial charge in [-0.15, -0.1) is 0 Å². The van der Waals surface area contributed by atoms with Crippen molar-refractivity contribution in [1.29, 1.82) is 0 Å². The molecular weight excluding hydrogens is 396 g/mol. The monoisotopic (exact) mass is 422 g/mol. The lowest BCUT2D eigenvalue weighted by molar-refractivity contribution is 0.0840. The molecule has 2 aromatic rings. The Balaban J connectivity index is 1.87. The molecule has 0 amide bonds. The molecule has 0 aromatic heterocycles. The average molecular weight is 422 g/mol. The standard InChI is InChI=1S/C25H26O6/c1-13(2)5-7-15-22(29)21-19(28)12-20(14-6-8-17(26)18(27)11-14)30-24(21)16-9-10-25(3,4)31-23(15)16/h5-6,8-11,20,26-27,29H,7,12H2,1-4H3/t20-/m0/s1. The number of hydrogen-bond acceptors (Lipinski definition) is 6. The number of allylic oxidation sites excluding steroid dienone is 2. The number of Topliss-reactive ketones (excluding diaryl/α,β-unsaturated/α-hetero) is 1. The Morgan fingerprint density at radius 3 is 2.58 bits per heavy atom. The molecule has 31 heavy (non-hydrogen) atoms. The van der Waals surface area contributed by atoms with Gasteiger partial charge in [0.1, 0.15) is 34.5 Å². The molecule has 4 rings (SSSR count). The number of benzene rings is 2. The summed E-state index contributed by atoms with van der Waals surface area (Å²) in [6, 6.07) is 4.33. The Morgan fingerprint density at radius 2 is 1.90 bits per heavy atom. The van der Waals surface area contributed by atoms with E-state index in [2.05, 4.69) is 0 Å². The van der Waals surface area contributed by atoms with Gasteiger partial charge in [0.25, 0.3) is 0 Å². The number of phenolic OH excluding ortho intramolecular Hbond substituents is 3. The largest absolute Gasteiger partial charge is 0.507 e. The number of ether oxygens (including phenoxy) is 2. The van der Waals surface area contributed by atoms with E-state index >= 15 is 0 Å². The summed E-state index contributed by atoms with van der Waals surface area (Å²) in [5.74, 6) is -0.127. The van der Waals surface area contributed by atoms with Crippen molar-refractivity contribution in [2.24, 2.45) is 0 Å². The molecule has 0 fully saturated rings. The zero-order valence-corrected chi connectivity index (χ0v) is 18.0. The van der Waals surface area contributed by atoms with Gasteiger partial charge < -0.3 is 24.8 Å². The summed E-state index contributed by atoms with van der Waals surface area (Å²) in [7, 11) is 0. The van der Waals surface area contributed by atoms with Crippen LogP contribution in [0.5, 0.6) is 28.7 Å². The number of phenols is 3. The number of fused-ring (bicyclic) bond motifs is 3. The van der Waals surface area contributed by atoms with Crippen LogP contribution in [0.1, 0.15) is 67.3 Å². The minimum atomic E-state index is -0.665. The van der Waals surface area contributed by atoms with Crippen molar-refractivity contribution in [2.45, 2.75) is 52.2 Å². The fourth-order valence-corrected chi connectivity index (χ4v) is 3.87. The maximum absolute atomic E-state index is 13.1. The average Bonchev–Trinajstić information content (AvgIpc) is 2.68. The zero-order chi connectivity index (χ0) is 22.5. The molecule has 2 heterocycles. The third-order valence-corrected chi connectivity index (χ3v) is 5.52. The summed E-state index contributed by atoms with van der Waals surface area (Å²) in [4.78, 5) is 13.1. The van der Waals surface area contributed by atoms with Gasteiger partial charge in [0, 0.05) is 5.56 Å². The number of hydrogen-bond donors (Lipinski definition) is 3. The highest BCUT2D eigenvalue weighted by atomic mass is 16.5. The Labute approximate surface area is 181 Å². The third-order valence-electron chi connectivity index (χ3n) is 5.52. The molecule has 0 radical (unpaired) electrons. The highest BCUT2D eigenvalue weighted by Crippen LogP contribution is 2.51. The Kier molecular flexibility index (Phi) is 4.96. The molecule has 0 aliphatic carbocycles. The number of ketones is 1. The summed E-state index contributed by atoms with van der Waals surface area (Å²) in [6.07, 6.45) is 5.50. The summed E-state index contributed by atoms with van der Waals surface area (Å²) < 4.78 is 12.4. The lowest BCUT2D eigenvalue weighted by Gasteiger charge is -2.34. The fourth-order valence-electron chi connectivity index (χ4n) is 3.87. The van der Waals surface area contributed by atoms with E-state index in [1.807, 2.05) is 45.9 Å². The Bertz CT molecular complexity index is 1140. The maximum Gasteiger partial charge on any atom is 0.174 e. The summed E-state index contributed by atoms with van der Waals surface area (Å²) >= 11 is 0. The molecule has 2 aliphatic rings. The predicted octanol–water partition coefficient (Wildman–Crippen LogP) is 5.20. The SMILES string of the molecule is CC(C)=CCc1c(O)c2c(c3c1OC(C)(C)C=C3)O[C@H](c1ccc(O)c(O)c1)CC2=O. The van der Waals surface area contributed by atoms with Crippen molar-refractivity contribution < 1.29 is 29.6 Å². The third kappa shape index (κ3) is 3.74. The van der Waals surface area contributed by atoms with Crippen LogP contribution in [-0.4, -0.2) is 26.7 Å². The second-order valence-electron chi connectivity index (χ2n) is 8.78. The molecule has 6 heteroatoms. The van der Waals surface area contributed by atoms with Gasteiger partial charge in [-0.25, -0.2) is 0 Å². The van der Waals surface area contributed by atoms with Crippen molar-refractivity contribution in [3.8, 4) is 28.7 Å². The van der Waals surface area contributed by atoms with Gasteiger partial charge in [0.2, 0.25) is 0 Å². The second-order valence-corrected chi connectivity index (χ2v) is 8.78. The van der Waals surface area contributed by atoms with Crippen LogP contribution < -0.4 is 9.47 Å². The molecule has 0 saturated carbocycles. The first-order valence-corrected chi connectivity index (χ1v) is 10.2. The topological polar surface area (TPSA) is 96.2 Å².